The van der Waals surface area contributed by atoms with Crippen LogP contribution >= 0.6 is 7.26 Å². The first-order valence-corrected chi connectivity index (χ1v) is 20.2. The van der Waals surface area contributed by atoms with Crippen LogP contribution in [0.15, 0.2) is 187 Å². The third-order valence-corrected chi connectivity index (χ3v) is 16.4. The van der Waals surface area contributed by atoms with Crippen LogP contribution in [0.2, 0.25) is 0 Å². The monoisotopic (exact) mass is 658 g/mol. The van der Waals surface area contributed by atoms with Gasteiger partial charge in [0.05, 0.1) is 0 Å². The van der Waals surface area contributed by atoms with Crippen molar-refractivity contribution < 1.29 is 8.42 Å². The fourth-order valence-corrected chi connectivity index (χ4v) is 14.6. The average molecular weight is 659 g/mol. The molecule has 0 N–H and O–H groups in total. The van der Waals surface area contributed by atoms with Crippen molar-refractivity contribution >= 4 is 65.3 Å². The number of fused-ring (bicyclic) bond motifs is 3. The average Bonchev–Trinajstić information content (AvgIpc) is 3.14. The van der Waals surface area contributed by atoms with Crippen LogP contribution in [-0.4, -0.2) is 8.42 Å². The Hall–Kier alpha value is -5.08. The Bertz CT molecular complexity index is 2330. The van der Waals surface area contributed by atoms with E-state index in [4.69, 9.17) is 0 Å². The summed E-state index contributed by atoms with van der Waals surface area (Å²) in [6.45, 7) is 0. The minimum absolute atomic E-state index is 0.0573. The Morgan fingerprint density at radius 1 is 0.375 bits per heavy atom. The molecule has 0 unspecified atom stereocenters. The molecule has 0 aliphatic heterocycles. The second-order valence-corrected chi connectivity index (χ2v) is 18.3. The van der Waals surface area contributed by atoms with Crippen molar-refractivity contribution in [3.63, 3.8) is 0 Å². The summed E-state index contributed by atoms with van der Waals surface area (Å²) in [7, 11) is -6.61. The van der Waals surface area contributed by atoms with E-state index < -0.39 is 17.1 Å². The van der Waals surface area contributed by atoms with Gasteiger partial charge in [0.2, 0.25) is 0 Å². The van der Waals surface area contributed by atoms with Crippen molar-refractivity contribution in [3.05, 3.63) is 193 Å². The predicted octanol–water partition coefficient (Wildman–Crippen LogP) is 9.35. The second kappa shape index (κ2) is 12.5. The summed E-state index contributed by atoms with van der Waals surface area (Å²) in [5, 5.41) is 11.3. The number of benzene rings is 8. The minimum atomic E-state index is -3.57. The Balaban J connectivity index is 1.49. The number of rotatable bonds is 8. The molecule has 8 rings (SSSR count). The summed E-state index contributed by atoms with van der Waals surface area (Å²) in [6.07, 6.45) is 0.698. The predicted molar refractivity (Wildman–Crippen MR) is 207 cm³/mol. The van der Waals surface area contributed by atoms with Crippen LogP contribution in [0.4, 0.5) is 0 Å². The van der Waals surface area contributed by atoms with Crippen molar-refractivity contribution in [2.45, 2.75) is 16.8 Å². The number of sulfone groups is 1. The quantitative estimate of drug-likeness (QED) is 0.153. The van der Waals surface area contributed by atoms with Crippen LogP contribution in [0.3, 0.4) is 0 Å². The van der Waals surface area contributed by atoms with E-state index in [2.05, 4.69) is 140 Å². The Labute approximate surface area is 282 Å². The molecule has 48 heavy (non-hydrogen) atoms. The van der Waals surface area contributed by atoms with Gasteiger partial charge in [0, 0.05) is 0 Å². The molecule has 0 spiro atoms. The van der Waals surface area contributed by atoms with Crippen LogP contribution in [0.25, 0.3) is 32.3 Å². The molecule has 0 atom stereocenters. The molecule has 0 aromatic heterocycles. The normalized spacial score (nSPS) is 12.4. The molecule has 2 nitrogen and oxygen atoms in total. The molecule has 234 valence electrons. The summed E-state index contributed by atoms with van der Waals surface area (Å²) in [5.74, 6) is -0.0573. The van der Waals surface area contributed by atoms with Gasteiger partial charge < -0.3 is 0 Å². The first-order valence-electron chi connectivity index (χ1n) is 16.3. The molecule has 4 heteroatoms. The zero-order chi connectivity index (χ0) is 32.6. The number of hydrogen-bond acceptors (Lipinski definition) is 2. The van der Waals surface area contributed by atoms with Crippen molar-refractivity contribution in [3.8, 4) is 0 Å². The molecule has 0 fully saturated rings. The van der Waals surface area contributed by atoms with E-state index in [1.54, 1.807) is 24.3 Å². The van der Waals surface area contributed by atoms with Crippen LogP contribution < -0.4 is 15.9 Å². The topological polar surface area (TPSA) is 34.1 Å². The van der Waals surface area contributed by atoms with E-state index in [0.717, 1.165) is 11.1 Å². The maximum atomic E-state index is 13.9. The van der Waals surface area contributed by atoms with Crippen LogP contribution in [-0.2, 0) is 21.8 Å². The van der Waals surface area contributed by atoms with Gasteiger partial charge in [-0.2, -0.15) is 0 Å². The molecule has 0 bridgehead atoms. The molecule has 0 aliphatic carbocycles. The van der Waals surface area contributed by atoms with Gasteiger partial charge in [0.1, 0.15) is 0 Å². The van der Waals surface area contributed by atoms with Crippen molar-refractivity contribution in [2.75, 3.05) is 0 Å². The number of hydrogen-bond donors (Lipinski definition) is 0. The molecule has 0 radical (unpaired) electrons. The first-order chi connectivity index (χ1) is 23.5. The van der Waals surface area contributed by atoms with Gasteiger partial charge in [-0.25, -0.2) is 0 Å². The fraction of sp³-hybridized carbons (Fsp3) is 0.0455. The van der Waals surface area contributed by atoms with Gasteiger partial charge in [-0.3, -0.25) is 0 Å². The molecule has 0 saturated carbocycles. The van der Waals surface area contributed by atoms with Crippen molar-refractivity contribution in [2.24, 2.45) is 0 Å². The molecule has 0 aliphatic rings. The first kappa shape index (κ1) is 30.3. The molecule has 0 heterocycles. The van der Waals surface area contributed by atoms with E-state index in [-0.39, 0.29) is 5.75 Å². The van der Waals surface area contributed by atoms with Gasteiger partial charge in [0.25, 0.3) is 0 Å². The summed E-state index contributed by atoms with van der Waals surface area (Å²) >= 11 is 0. The van der Waals surface area contributed by atoms with Crippen LogP contribution in [0.1, 0.15) is 11.1 Å². The zero-order valence-electron chi connectivity index (χ0n) is 26.5. The Morgan fingerprint density at radius 3 is 1.23 bits per heavy atom. The zero-order valence-corrected chi connectivity index (χ0v) is 28.3. The molecule has 0 amide bonds. The third kappa shape index (κ3) is 5.30. The summed E-state index contributed by atoms with van der Waals surface area (Å²) in [5.41, 5.74) is 1.91. The van der Waals surface area contributed by atoms with Gasteiger partial charge in [-0.1, -0.05) is 0 Å². The molecular weight excluding hydrogens is 624 g/mol. The van der Waals surface area contributed by atoms with Gasteiger partial charge in [0.15, 0.2) is 0 Å². The van der Waals surface area contributed by atoms with Crippen molar-refractivity contribution in [1.29, 1.82) is 0 Å². The summed E-state index contributed by atoms with van der Waals surface area (Å²) < 4.78 is 27.7. The molecule has 8 aromatic rings. The van der Waals surface area contributed by atoms with Gasteiger partial charge >= 0.3 is 284 Å². The summed E-state index contributed by atoms with van der Waals surface area (Å²) in [4.78, 5) is 0.348. The Kier molecular flexibility index (Phi) is 7.89. The van der Waals surface area contributed by atoms with E-state index in [1.165, 1.54) is 48.2 Å². The van der Waals surface area contributed by atoms with Crippen LogP contribution in [0, 0.1) is 0 Å². The molecular formula is C44H35O2PS. The fourth-order valence-electron chi connectivity index (χ4n) is 7.59. The van der Waals surface area contributed by atoms with E-state index in [0.29, 0.717) is 11.1 Å². The van der Waals surface area contributed by atoms with E-state index in [1.807, 2.05) is 18.2 Å². The summed E-state index contributed by atoms with van der Waals surface area (Å²) in [6, 6.07) is 63.3. The van der Waals surface area contributed by atoms with E-state index >= 15 is 0 Å². The van der Waals surface area contributed by atoms with Gasteiger partial charge in [-0.05, 0) is 0 Å². The van der Waals surface area contributed by atoms with Crippen molar-refractivity contribution in [1.82, 2.24) is 0 Å². The SMILES string of the molecule is O=S(=O)(Cc1ccccc1C[PH](c1cccc2ccccc12)(c1cccc2ccccc12)c1cccc2ccccc12)c1ccccc1. The molecule has 0 saturated heterocycles. The Morgan fingerprint density at radius 2 is 0.750 bits per heavy atom. The van der Waals surface area contributed by atoms with Crippen LogP contribution in [0.5, 0.6) is 0 Å². The third-order valence-electron chi connectivity index (χ3n) is 9.77. The standard InChI is InChI=1S/C44H35O2PS/c45-48(46,38-23-2-1-3-24-38)32-37-19-5-4-18-36(37)31-47(42-28-12-20-33-15-6-9-25-39(33)42,43-29-13-21-34-16-7-10-26-40(34)43)44-30-14-22-35-17-8-11-27-41(35)44/h1-30,47H,31-32H2. The van der Waals surface area contributed by atoms with Gasteiger partial charge in [-0.15, -0.1) is 0 Å². The second-order valence-electron chi connectivity index (χ2n) is 12.5. The van der Waals surface area contributed by atoms with E-state index in [9.17, 15) is 8.42 Å². The molecule has 8 aromatic carbocycles. The maximum absolute atomic E-state index is 13.9.